The number of ether oxygens (including phenoxy) is 4. The van der Waals surface area contributed by atoms with Gasteiger partial charge in [0.15, 0.2) is 0 Å². The summed E-state index contributed by atoms with van der Waals surface area (Å²) in [6.45, 7) is -0.642. The van der Waals surface area contributed by atoms with Crippen LogP contribution < -0.4 is 11.1 Å². The fourth-order valence-corrected chi connectivity index (χ4v) is 8.79. The van der Waals surface area contributed by atoms with Gasteiger partial charge in [-0.15, -0.1) is 0 Å². The Bertz CT molecular complexity index is 2730. The summed E-state index contributed by atoms with van der Waals surface area (Å²) < 4.78 is 106. The van der Waals surface area contributed by atoms with Gasteiger partial charge in [0.2, 0.25) is 0 Å². The fourth-order valence-electron chi connectivity index (χ4n) is 8.79. The van der Waals surface area contributed by atoms with Crippen LogP contribution in [0.5, 0.6) is 0 Å². The highest BCUT2D eigenvalue weighted by molar-refractivity contribution is 5.84. The Labute approximate surface area is 364 Å². The first kappa shape index (κ1) is 45.3. The number of rotatable bonds is 17. The molecule has 0 atom stereocenters. The Kier molecular flexibility index (Phi) is 12.9. The van der Waals surface area contributed by atoms with Crippen LogP contribution in [0.15, 0.2) is 70.5 Å². The SMILES string of the molecule is CO[C@H]1C[C@H](c2nc3ccc(-c4cc(CCO[C@H]5C[C@@H](c6nc7ccc(-c8cc(C)c(=O)n(C)c8)cc7n6CCOCC(F)(F)F)C5)c(=O)n(C)c4)cc3n2CCOCC(F)(F)F)C1. The zero-order chi connectivity index (χ0) is 45.5. The van der Waals surface area contributed by atoms with E-state index in [1.54, 1.807) is 40.5 Å². The normalized spacial score (nSPS) is 19.1. The Morgan fingerprint density at radius 1 is 0.641 bits per heavy atom. The Hall–Kier alpha value is -5.30. The summed E-state index contributed by atoms with van der Waals surface area (Å²) in [5.74, 6) is 1.59. The van der Waals surface area contributed by atoms with Gasteiger partial charge in [-0.3, -0.25) is 9.59 Å². The molecule has 0 unspecified atom stereocenters. The van der Waals surface area contributed by atoms with Crippen molar-refractivity contribution in [1.29, 1.82) is 0 Å². The van der Waals surface area contributed by atoms with Gasteiger partial charge in [-0.2, -0.15) is 26.3 Å². The van der Waals surface area contributed by atoms with Crippen molar-refractivity contribution in [3.8, 4) is 22.3 Å². The third-order valence-corrected chi connectivity index (χ3v) is 12.3. The first-order valence-electron chi connectivity index (χ1n) is 21.3. The minimum absolute atomic E-state index is 0.0229. The van der Waals surface area contributed by atoms with Crippen LogP contribution >= 0.6 is 0 Å². The molecule has 342 valence electrons. The van der Waals surface area contributed by atoms with Crippen LogP contribution in [0.3, 0.4) is 0 Å². The van der Waals surface area contributed by atoms with E-state index in [9.17, 15) is 35.9 Å². The minimum atomic E-state index is -4.45. The molecule has 2 aromatic carbocycles. The number of benzene rings is 2. The predicted molar refractivity (Wildman–Crippen MR) is 227 cm³/mol. The largest absolute Gasteiger partial charge is 0.411 e. The van der Waals surface area contributed by atoms with Crippen LogP contribution in [0, 0.1) is 6.92 Å². The third kappa shape index (κ3) is 9.99. The fraction of sp³-hybridized carbons (Fsp3) is 0.478. The third-order valence-electron chi connectivity index (χ3n) is 12.3. The lowest BCUT2D eigenvalue weighted by atomic mass is 9.81. The summed E-state index contributed by atoms with van der Waals surface area (Å²) in [5, 5.41) is 0. The molecule has 8 rings (SSSR count). The first-order valence-corrected chi connectivity index (χ1v) is 21.3. The smallest absolute Gasteiger partial charge is 0.381 e. The molecule has 0 amide bonds. The van der Waals surface area contributed by atoms with Gasteiger partial charge in [-0.1, -0.05) is 12.1 Å². The van der Waals surface area contributed by atoms with Gasteiger partial charge >= 0.3 is 12.4 Å². The molecule has 64 heavy (non-hydrogen) atoms. The number of aromatic nitrogens is 6. The molecule has 0 aliphatic heterocycles. The van der Waals surface area contributed by atoms with Gasteiger partial charge in [0, 0.05) is 76.1 Å². The molecule has 0 radical (unpaired) electrons. The summed E-state index contributed by atoms with van der Waals surface area (Å²) >= 11 is 0. The molecule has 2 saturated carbocycles. The van der Waals surface area contributed by atoms with Gasteiger partial charge in [-0.25, -0.2) is 9.97 Å². The van der Waals surface area contributed by atoms with Crippen LogP contribution in [0.2, 0.25) is 0 Å². The number of alkyl halides is 6. The van der Waals surface area contributed by atoms with Gasteiger partial charge in [0.05, 0.1) is 54.1 Å². The van der Waals surface area contributed by atoms with Crippen LogP contribution in [-0.2, 0) is 52.6 Å². The average Bonchev–Trinajstić information content (AvgIpc) is 3.74. The average molecular weight is 897 g/mol. The highest BCUT2D eigenvalue weighted by Gasteiger charge is 2.36. The molecule has 0 spiro atoms. The molecule has 0 saturated heterocycles. The quantitative estimate of drug-likeness (QED) is 0.0669. The lowest BCUT2D eigenvalue weighted by molar-refractivity contribution is -0.174. The highest BCUT2D eigenvalue weighted by atomic mass is 19.4. The van der Waals surface area contributed by atoms with E-state index in [0.717, 1.165) is 57.8 Å². The van der Waals surface area contributed by atoms with E-state index in [-0.39, 0.29) is 68.1 Å². The maximum Gasteiger partial charge on any atom is 0.411 e. The van der Waals surface area contributed by atoms with Crippen LogP contribution in [-0.4, -0.2) is 92.9 Å². The molecule has 18 heteroatoms. The van der Waals surface area contributed by atoms with Crippen LogP contribution in [0.4, 0.5) is 26.3 Å². The Morgan fingerprint density at radius 2 is 1.12 bits per heavy atom. The predicted octanol–water partition coefficient (Wildman–Crippen LogP) is 7.98. The summed E-state index contributed by atoms with van der Waals surface area (Å²) in [6, 6.07) is 15.1. The summed E-state index contributed by atoms with van der Waals surface area (Å²) in [7, 11) is 5.02. The Balaban J connectivity index is 0.957. The van der Waals surface area contributed by atoms with Crippen molar-refractivity contribution < 1.29 is 45.3 Å². The number of imidazole rings is 2. The molecular formula is C46H50F6N6O6. The van der Waals surface area contributed by atoms with E-state index in [4.69, 9.17) is 28.9 Å². The van der Waals surface area contributed by atoms with E-state index >= 15 is 0 Å². The second-order valence-corrected chi connectivity index (χ2v) is 16.9. The van der Waals surface area contributed by atoms with Crippen molar-refractivity contribution in [2.45, 2.75) is 88.5 Å². The van der Waals surface area contributed by atoms with Gasteiger partial charge in [-0.05, 0) is 91.3 Å². The summed E-state index contributed by atoms with van der Waals surface area (Å²) in [4.78, 5) is 35.5. The van der Waals surface area contributed by atoms with Crippen molar-refractivity contribution in [1.82, 2.24) is 28.2 Å². The van der Waals surface area contributed by atoms with Crippen molar-refractivity contribution in [3.63, 3.8) is 0 Å². The van der Waals surface area contributed by atoms with Crippen LogP contribution in [0.25, 0.3) is 44.3 Å². The van der Waals surface area contributed by atoms with E-state index < -0.39 is 25.6 Å². The van der Waals surface area contributed by atoms with E-state index in [2.05, 4.69) is 0 Å². The maximum absolute atomic E-state index is 13.3. The lowest BCUT2D eigenvalue weighted by Crippen LogP contribution is -2.33. The molecule has 2 aliphatic carbocycles. The zero-order valence-electron chi connectivity index (χ0n) is 36.0. The number of fused-ring (bicyclic) bond motifs is 2. The molecule has 2 aliphatic rings. The standard InChI is InChI=1S/C46H50F6N6O6/c1-27-15-33(23-55(2)43(27)59)28-5-7-37-39(21-28)58(11-14-63-26-46(50,51)52)42(54-37)32-19-36(20-32)64-12-9-30-16-34(24-56(3)44(30)60)29-6-8-38-40(22-29)57(10-13-62-25-45(47,48)49)41(53-38)31-17-35(18-31)61-4/h5-8,15-16,21-24,31-32,35-36H,9-14,17-20,25-26H2,1-4H3/t31-,32-,35-,36+. The van der Waals surface area contributed by atoms with Crippen molar-refractivity contribution in [2.75, 3.05) is 40.1 Å². The molecule has 0 N–H and O–H groups in total. The van der Waals surface area contributed by atoms with Crippen molar-refractivity contribution in [2.24, 2.45) is 14.1 Å². The Morgan fingerprint density at radius 3 is 1.61 bits per heavy atom. The first-order chi connectivity index (χ1) is 30.4. The number of nitrogens with zero attached hydrogens (tertiary/aromatic N) is 6. The molecular weight excluding hydrogens is 847 g/mol. The number of aryl methyl sites for hydroxylation is 3. The second-order valence-electron chi connectivity index (χ2n) is 16.9. The molecule has 6 aromatic rings. The molecule has 12 nitrogen and oxygen atoms in total. The van der Waals surface area contributed by atoms with Crippen LogP contribution in [0.1, 0.15) is 60.3 Å². The number of pyridine rings is 2. The zero-order valence-corrected chi connectivity index (χ0v) is 36.0. The summed E-state index contributed by atoms with van der Waals surface area (Å²) in [6.07, 6.45) is -2.29. The second kappa shape index (κ2) is 18.3. The van der Waals surface area contributed by atoms with Gasteiger partial charge < -0.3 is 37.2 Å². The molecule has 2 fully saturated rings. The summed E-state index contributed by atoms with van der Waals surface area (Å²) in [5.41, 5.74) is 7.00. The van der Waals surface area contributed by atoms with E-state index in [1.165, 1.54) is 9.13 Å². The van der Waals surface area contributed by atoms with Crippen molar-refractivity contribution in [3.05, 3.63) is 104 Å². The number of methoxy groups -OCH3 is 1. The monoisotopic (exact) mass is 896 g/mol. The van der Waals surface area contributed by atoms with Gasteiger partial charge in [0.1, 0.15) is 24.9 Å². The minimum Gasteiger partial charge on any atom is -0.381 e. The number of hydrogen-bond donors (Lipinski definition) is 0. The lowest BCUT2D eigenvalue weighted by Gasteiger charge is -2.35. The van der Waals surface area contributed by atoms with Gasteiger partial charge in [0.25, 0.3) is 11.1 Å². The van der Waals surface area contributed by atoms with Crippen molar-refractivity contribution >= 4 is 22.1 Å². The number of halogens is 6. The van der Waals surface area contributed by atoms with E-state index in [0.29, 0.717) is 41.4 Å². The highest BCUT2D eigenvalue weighted by Crippen LogP contribution is 2.41. The van der Waals surface area contributed by atoms with E-state index in [1.807, 2.05) is 57.7 Å². The molecule has 4 aromatic heterocycles. The topological polar surface area (TPSA) is 117 Å². The number of hydrogen-bond acceptors (Lipinski definition) is 8. The molecule has 4 heterocycles. The maximum atomic E-state index is 13.3. The molecule has 0 bridgehead atoms.